The van der Waals surface area contributed by atoms with Crippen LogP contribution in [0.5, 0.6) is 0 Å². The standard InChI is InChI=1S/C24H18N4O2/c29-22(15-4-2-1-3-5-15)14-27-24(30)21-11-17-10-18-13-26-23(16-6-8-25-9-7-16)19(18)12-20(17)28-21/h1-10,12H,11,13-14H2,(H,27,30). The Kier molecular flexibility index (Phi) is 4.52. The Balaban J connectivity index is 1.32. The molecule has 0 fully saturated rings. The van der Waals surface area contributed by atoms with E-state index in [4.69, 9.17) is 0 Å². The average Bonchev–Trinajstić information content (AvgIpc) is 3.40. The van der Waals surface area contributed by atoms with E-state index in [1.807, 2.05) is 24.3 Å². The largest absolute Gasteiger partial charge is 0.344 e. The number of hydrogen-bond acceptors (Lipinski definition) is 5. The third-order valence-corrected chi connectivity index (χ3v) is 5.30. The van der Waals surface area contributed by atoms with Crippen LogP contribution in [0.25, 0.3) is 0 Å². The molecule has 3 heterocycles. The zero-order valence-electron chi connectivity index (χ0n) is 16.1. The lowest BCUT2D eigenvalue weighted by atomic mass is 9.97. The highest BCUT2D eigenvalue weighted by molar-refractivity contribution is 6.41. The highest BCUT2D eigenvalue weighted by Gasteiger charge is 2.26. The van der Waals surface area contributed by atoms with E-state index in [-0.39, 0.29) is 18.2 Å². The van der Waals surface area contributed by atoms with E-state index in [1.54, 1.807) is 36.7 Å². The van der Waals surface area contributed by atoms with Crippen LogP contribution >= 0.6 is 0 Å². The number of hydrogen-bond donors (Lipinski definition) is 1. The maximum absolute atomic E-state index is 12.6. The highest BCUT2D eigenvalue weighted by Crippen LogP contribution is 2.34. The summed E-state index contributed by atoms with van der Waals surface area (Å²) in [5.74, 6) is -0.434. The molecule has 2 aliphatic rings. The number of amides is 1. The van der Waals surface area contributed by atoms with Gasteiger partial charge in [0.25, 0.3) is 5.91 Å². The minimum Gasteiger partial charge on any atom is -0.344 e. The van der Waals surface area contributed by atoms with E-state index in [0.717, 1.165) is 33.7 Å². The number of pyridine rings is 1. The summed E-state index contributed by atoms with van der Waals surface area (Å²) < 4.78 is 0. The van der Waals surface area contributed by atoms with Gasteiger partial charge >= 0.3 is 0 Å². The fourth-order valence-corrected chi connectivity index (χ4v) is 3.77. The monoisotopic (exact) mass is 394 g/mol. The molecule has 0 radical (unpaired) electrons. The van der Waals surface area contributed by atoms with Gasteiger partial charge in [0.2, 0.25) is 0 Å². The van der Waals surface area contributed by atoms with Gasteiger partial charge in [0.15, 0.2) is 5.78 Å². The summed E-state index contributed by atoms with van der Waals surface area (Å²) in [6, 6.07) is 16.9. The number of nitrogens with zero attached hydrogens (tertiary/aromatic N) is 3. The van der Waals surface area contributed by atoms with Gasteiger partial charge in [-0.3, -0.25) is 19.6 Å². The van der Waals surface area contributed by atoms with Crippen LogP contribution < -0.4 is 5.32 Å². The summed E-state index contributed by atoms with van der Waals surface area (Å²) in [5.41, 5.74) is 6.93. The Morgan fingerprint density at radius 2 is 1.77 bits per heavy atom. The first-order chi connectivity index (χ1) is 14.7. The van der Waals surface area contributed by atoms with Crippen molar-refractivity contribution in [2.45, 2.75) is 13.0 Å². The minimum atomic E-state index is -0.307. The first kappa shape index (κ1) is 18.1. The molecule has 6 nitrogen and oxygen atoms in total. The Morgan fingerprint density at radius 3 is 2.57 bits per heavy atom. The van der Waals surface area contributed by atoms with Gasteiger partial charge in [-0.15, -0.1) is 0 Å². The second-order valence-corrected chi connectivity index (χ2v) is 7.25. The van der Waals surface area contributed by atoms with E-state index in [2.05, 4.69) is 26.4 Å². The number of benzene rings is 2. The van der Waals surface area contributed by atoms with Crippen molar-refractivity contribution in [3.63, 3.8) is 0 Å². The van der Waals surface area contributed by atoms with Gasteiger partial charge in [-0.2, -0.15) is 0 Å². The molecule has 0 atom stereocenters. The number of nitrogens with one attached hydrogen (secondary N) is 1. The molecule has 5 rings (SSSR count). The molecule has 30 heavy (non-hydrogen) atoms. The lowest BCUT2D eigenvalue weighted by Gasteiger charge is -2.06. The summed E-state index contributed by atoms with van der Waals surface area (Å²) in [7, 11) is 0. The number of Topliss-reactive ketones (excluding diaryl/α,β-unsaturated/α-hetero) is 1. The van der Waals surface area contributed by atoms with Crippen LogP contribution in [0.2, 0.25) is 0 Å². The average molecular weight is 394 g/mol. The van der Waals surface area contributed by atoms with E-state index in [0.29, 0.717) is 24.2 Å². The van der Waals surface area contributed by atoms with Crippen LogP contribution in [-0.4, -0.2) is 34.6 Å². The van der Waals surface area contributed by atoms with E-state index < -0.39 is 0 Å². The molecule has 0 saturated heterocycles. The molecule has 0 bridgehead atoms. The van der Waals surface area contributed by atoms with Crippen LogP contribution in [0.3, 0.4) is 0 Å². The van der Waals surface area contributed by atoms with Crippen molar-refractivity contribution in [2.75, 3.05) is 6.54 Å². The third kappa shape index (κ3) is 3.33. The lowest BCUT2D eigenvalue weighted by molar-refractivity contribution is -0.114. The topological polar surface area (TPSA) is 83.8 Å². The van der Waals surface area contributed by atoms with Crippen LogP contribution in [0.4, 0.5) is 5.69 Å². The van der Waals surface area contributed by atoms with Crippen LogP contribution in [0, 0.1) is 0 Å². The fraction of sp³-hybridized carbons (Fsp3) is 0.125. The van der Waals surface area contributed by atoms with Gasteiger partial charge in [-0.1, -0.05) is 36.4 Å². The van der Waals surface area contributed by atoms with E-state index >= 15 is 0 Å². The maximum atomic E-state index is 12.6. The number of fused-ring (bicyclic) bond motifs is 2. The molecule has 0 unspecified atom stereocenters. The molecular weight excluding hydrogens is 376 g/mol. The van der Waals surface area contributed by atoms with E-state index in [1.165, 1.54) is 0 Å². The number of ketones is 1. The molecule has 146 valence electrons. The number of rotatable bonds is 5. The van der Waals surface area contributed by atoms with Crippen molar-refractivity contribution >= 4 is 28.8 Å². The molecule has 2 aromatic carbocycles. The normalized spacial score (nSPS) is 13.9. The predicted molar refractivity (Wildman–Crippen MR) is 115 cm³/mol. The van der Waals surface area contributed by atoms with Gasteiger partial charge in [-0.25, -0.2) is 4.99 Å². The molecule has 3 aromatic rings. The molecule has 1 aromatic heterocycles. The van der Waals surface area contributed by atoms with Gasteiger partial charge in [0.1, 0.15) is 5.71 Å². The van der Waals surface area contributed by atoms with Crippen molar-refractivity contribution in [3.8, 4) is 0 Å². The zero-order valence-corrected chi connectivity index (χ0v) is 16.1. The van der Waals surface area contributed by atoms with Gasteiger partial charge in [0, 0.05) is 35.5 Å². The van der Waals surface area contributed by atoms with Crippen molar-refractivity contribution in [3.05, 3.63) is 94.8 Å². The molecule has 6 heteroatoms. The molecule has 2 aliphatic heterocycles. The summed E-state index contributed by atoms with van der Waals surface area (Å²) in [6.45, 7) is 0.570. The molecule has 1 N–H and O–H groups in total. The van der Waals surface area contributed by atoms with Crippen LogP contribution in [0.15, 0.2) is 77.0 Å². The zero-order chi connectivity index (χ0) is 20.5. The summed E-state index contributed by atoms with van der Waals surface area (Å²) >= 11 is 0. The summed E-state index contributed by atoms with van der Waals surface area (Å²) in [6.07, 6.45) is 3.96. The first-order valence-electron chi connectivity index (χ1n) is 9.74. The third-order valence-electron chi connectivity index (χ3n) is 5.30. The Morgan fingerprint density at radius 1 is 0.967 bits per heavy atom. The second kappa shape index (κ2) is 7.48. The summed E-state index contributed by atoms with van der Waals surface area (Å²) in [5, 5.41) is 2.70. The fourth-order valence-electron chi connectivity index (χ4n) is 3.77. The van der Waals surface area contributed by atoms with Gasteiger partial charge in [0.05, 0.1) is 24.5 Å². The summed E-state index contributed by atoms with van der Waals surface area (Å²) in [4.78, 5) is 38.0. The van der Waals surface area contributed by atoms with Crippen LogP contribution in [-0.2, 0) is 17.8 Å². The Labute approximate surface area is 173 Å². The second-order valence-electron chi connectivity index (χ2n) is 7.25. The number of aliphatic imine (C=N–C) groups is 2. The quantitative estimate of drug-likeness (QED) is 0.675. The number of aromatic nitrogens is 1. The minimum absolute atomic E-state index is 0.0481. The number of carbonyl (C=O) groups excluding carboxylic acids is 2. The van der Waals surface area contributed by atoms with Gasteiger partial charge in [-0.05, 0) is 29.3 Å². The van der Waals surface area contributed by atoms with Crippen molar-refractivity contribution in [1.82, 2.24) is 10.3 Å². The first-order valence-corrected chi connectivity index (χ1v) is 9.74. The molecule has 1 amide bonds. The lowest BCUT2D eigenvalue weighted by Crippen LogP contribution is -2.35. The van der Waals surface area contributed by atoms with Crippen molar-refractivity contribution < 1.29 is 9.59 Å². The Bertz CT molecular complexity index is 1210. The molecule has 0 saturated carbocycles. The predicted octanol–water partition coefficient (Wildman–Crippen LogP) is 3.06. The van der Waals surface area contributed by atoms with Crippen LogP contribution in [0.1, 0.15) is 32.6 Å². The maximum Gasteiger partial charge on any atom is 0.266 e. The SMILES string of the molecule is O=C(NCC(=O)c1ccccc1)C1=Nc2cc3c(cc2C1)CN=C3c1ccncc1. The van der Waals surface area contributed by atoms with E-state index in [9.17, 15) is 9.59 Å². The highest BCUT2D eigenvalue weighted by atomic mass is 16.2. The van der Waals surface area contributed by atoms with Crippen molar-refractivity contribution in [1.29, 1.82) is 0 Å². The van der Waals surface area contributed by atoms with Crippen molar-refractivity contribution in [2.24, 2.45) is 9.98 Å². The smallest absolute Gasteiger partial charge is 0.266 e. The molecule has 0 aliphatic carbocycles. The molecule has 0 spiro atoms. The number of carbonyl (C=O) groups is 2. The van der Waals surface area contributed by atoms with Gasteiger partial charge < -0.3 is 5.32 Å². The Hall–Kier alpha value is -3.93. The molecular formula is C24H18N4O2.